The molecule has 2 rings (SSSR count). The fourth-order valence-electron chi connectivity index (χ4n) is 2.36. The summed E-state index contributed by atoms with van der Waals surface area (Å²) in [6.45, 7) is 0.320. The molecule has 2 atom stereocenters. The van der Waals surface area contributed by atoms with Crippen molar-refractivity contribution in [3.05, 3.63) is 62.5 Å². The lowest BCUT2D eigenvalue weighted by atomic mass is 9.88. The summed E-state index contributed by atoms with van der Waals surface area (Å²) in [7, 11) is 1.62. The number of hydrogen-bond donors (Lipinski definition) is 2. The maximum Gasteiger partial charge on any atom is 0.122 e. The predicted molar refractivity (Wildman–Crippen MR) is 91.6 cm³/mol. The molecule has 0 aromatic heterocycles. The largest absolute Gasteiger partial charge is 0.496 e. The number of ether oxygens (including phenoxy) is 1. The minimum Gasteiger partial charge on any atom is -0.496 e. The van der Waals surface area contributed by atoms with Gasteiger partial charge < -0.3 is 15.6 Å². The third kappa shape index (κ3) is 3.66. The van der Waals surface area contributed by atoms with Gasteiger partial charge in [-0.2, -0.15) is 0 Å². The monoisotopic (exact) mass is 413 g/mol. The van der Waals surface area contributed by atoms with Crippen LogP contribution in [0, 0.1) is 0 Å². The Morgan fingerprint density at radius 1 is 1.14 bits per heavy atom. The number of aliphatic hydroxyl groups excluding tert-OH is 1. The molecule has 0 saturated heterocycles. The van der Waals surface area contributed by atoms with Crippen molar-refractivity contribution in [1.82, 2.24) is 0 Å². The van der Waals surface area contributed by atoms with Crippen molar-refractivity contribution in [1.29, 1.82) is 0 Å². The second-order valence-electron chi connectivity index (χ2n) is 4.69. The first-order valence-electron chi connectivity index (χ1n) is 6.54. The Morgan fingerprint density at radius 2 is 1.86 bits per heavy atom. The van der Waals surface area contributed by atoms with Gasteiger partial charge in [-0.05, 0) is 29.8 Å². The average Bonchev–Trinajstić information content (AvgIpc) is 2.50. The van der Waals surface area contributed by atoms with Crippen LogP contribution in [0.15, 0.2) is 51.4 Å². The van der Waals surface area contributed by atoms with Gasteiger partial charge in [0.2, 0.25) is 0 Å². The minimum absolute atomic E-state index is 0.244. The zero-order valence-electron chi connectivity index (χ0n) is 11.6. The Balaban J connectivity index is 2.43. The van der Waals surface area contributed by atoms with E-state index in [0.717, 1.165) is 25.8 Å². The summed E-state index contributed by atoms with van der Waals surface area (Å²) in [6.07, 6.45) is -0.724. The fourth-order valence-corrected chi connectivity index (χ4v) is 3.22. The summed E-state index contributed by atoms with van der Waals surface area (Å²) >= 11 is 6.92. The maximum absolute atomic E-state index is 10.8. The van der Waals surface area contributed by atoms with Crippen molar-refractivity contribution < 1.29 is 9.84 Å². The van der Waals surface area contributed by atoms with Crippen molar-refractivity contribution in [3.63, 3.8) is 0 Å². The summed E-state index contributed by atoms with van der Waals surface area (Å²) in [4.78, 5) is 0. The number of nitrogens with two attached hydrogens (primary N) is 1. The molecular weight excluding hydrogens is 398 g/mol. The SMILES string of the molecule is COc1ccccc1C(CN)C(O)c1cc(Br)ccc1Br. The summed E-state index contributed by atoms with van der Waals surface area (Å²) in [5.74, 6) is 0.491. The summed E-state index contributed by atoms with van der Waals surface area (Å²) < 4.78 is 7.15. The molecule has 0 bridgehead atoms. The van der Waals surface area contributed by atoms with Crippen molar-refractivity contribution in [3.8, 4) is 5.75 Å². The maximum atomic E-state index is 10.8. The van der Waals surface area contributed by atoms with Crippen molar-refractivity contribution in [2.75, 3.05) is 13.7 Å². The van der Waals surface area contributed by atoms with Gasteiger partial charge in [-0.1, -0.05) is 50.1 Å². The Kier molecular flexibility index (Phi) is 5.81. The van der Waals surface area contributed by atoms with Gasteiger partial charge in [0.1, 0.15) is 5.75 Å². The van der Waals surface area contributed by atoms with Crippen molar-refractivity contribution in [2.24, 2.45) is 5.73 Å². The van der Waals surface area contributed by atoms with Gasteiger partial charge >= 0.3 is 0 Å². The molecule has 0 saturated carbocycles. The zero-order chi connectivity index (χ0) is 15.4. The molecule has 0 fully saturated rings. The first-order valence-corrected chi connectivity index (χ1v) is 8.13. The Bertz CT molecular complexity index is 619. The lowest BCUT2D eigenvalue weighted by Gasteiger charge is -2.25. The van der Waals surface area contributed by atoms with E-state index < -0.39 is 6.10 Å². The van der Waals surface area contributed by atoms with Crippen LogP contribution < -0.4 is 10.5 Å². The van der Waals surface area contributed by atoms with Crippen LogP contribution in [0.1, 0.15) is 23.1 Å². The van der Waals surface area contributed by atoms with Crippen LogP contribution >= 0.6 is 31.9 Å². The van der Waals surface area contributed by atoms with Gasteiger partial charge in [-0.15, -0.1) is 0 Å². The lowest BCUT2D eigenvalue weighted by Crippen LogP contribution is -2.21. The fraction of sp³-hybridized carbons (Fsp3) is 0.250. The van der Waals surface area contributed by atoms with Crippen molar-refractivity contribution >= 4 is 31.9 Å². The molecule has 0 aliphatic carbocycles. The van der Waals surface area contributed by atoms with E-state index in [2.05, 4.69) is 31.9 Å². The molecule has 0 heterocycles. The average molecular weight is 415 g/mol. The second-order valence-corrected chi connectivity index (χ2v) is 6.46. The molecule has 0 amide bonds. The Hall–Kier alpha value is -0.880. The number of rotatable bonds is 5. The number of aliphatic hydroxyl groups is 1. The van der Waals surface area contributed by atoms with E-state index in [1.807, 2.05) is 42.5 Å². The molecule has 2 unspecified atom stereocenters. The molecular formula is C16H17Br2NO2. The molecule has 0 aliphatic rings. The Morgan fingerprint density at radius 3 is 2.52 bits per heavy atom. The third-order valence-corrected chi connectivity index (χ3v) is 4.67. The van der Waals surface area contributed by atoms with E-state index in [1.54, 1.807) is 7.11 Å². The number of para-hydroxylation sites is 1. The normalized spacial score (nSPS) is 13.8. The molecule has 3 nitrogen and oxygen atoms in total. The van der Waals surface area contributed by atoms with Crippen LogP contribution in [0.25, 0.3) is 0 Å². The Labute approximate surface area is 141 Å². The number of methoxy groups -OCH3 is 1. The number of benzene rings is 2. The predicted octanol–water partition coefficient (Wildman–Crippen LogP) is 4.00. The van der Waals surface area contributed by atoms with E-state index in [1.165, 1.54) is 0 Å². The lowest BCUT2D eigenvalue weighted by molar-refractivity contribution is 0.145. The molecule has 5 heteroatoms. The molecule has 0 aliphatic heterocycles. The number of hydrogen-bond acceptors (Lipinski definition) is 3. The molecule has 2 aromatic rings. The standard InChI is InChI=1S/C16H17Br2NO2/c1-21-15-5-3-2-4-11(15)13(9-19)16(20)12-8-10(17)6-7-14(12)18/h2-8,13,16,20H,9,19H2,1H3. The molecule has 21 heavy (non-hydrogen) atoms. The molecule has 3 N–H and O–H groups in total. The van der Waals surface area contributed by atoms with Crippen LogP contribution in [0.5, 0.6) is 5.75 Å². The quantitative estimate of drug-likeness (QED) is 0.777. The smallest absolute Gasteiger partial charge is 0.122 e. The van der Waals surface area contributed by atoms with E-state index in [4.69, 9.17) is 10.5 Å². The van der Waals surface area contributed by atoms with Crippen LogP contribution in [0.3, 0.4) is 0 Å². The second kappa shape index (κ2) is 7.40. The molecule has 0 spiro atoms. The van der Waals surface area contributed by atoms with E-state index in [-0.39, 0.29) is 5.92 Å². The highest BCUT2D eigenvalue weighted by Crippen LogP contribution is 2.38. The topological polar surface area (TPSA) is 55.5 Å². The van der Waals surface area contributed by atoms with Gasteiger partial charge in [0.25, 0.3) is 0 Å². The van der Waals surface area contributed by atoms with Crippen LogP contribution in [0.2, 0.25) is 0 Å². The first kappa shape index (κ1) is 16.5. The van der Waals surface area contributed by atoms with Crippen molar-refractivity contribution in [2.45, 2.75) is 12.0 Å². The van der Waals surface area contributed by atoms with E-state index >= 15 is 0 Å². The van der Waals surface area contributed by atoms with Gasteiger partial charge in [0, 0.05) is 27.0 Å². The van der Waals surface area contributed by atoms with Crippen LogP contribution in [0.4, 0.5) is 0 Å². The summed E-state index contributed by atoms with van der Waals surface area (Å²) in [5, 5.41) is 10.8. The van der Waals surface area contributed by atoms with Crippen LogP contribution in [-0.4, -0.2) is 18.8 Å². The highest BCUT2D eigenvalue weighted by molar-refractivity contribution is 9.11. The first-order chi connectivity index (χ1) is 10.1. The highest BCUT2D eigenvalue weighted by atomic mass is 79.9. The van der Waals surface area contributed by atoms with E-state index in [9.17, 15) is 5.11 Å². The minimum atomic E-state index is -0.724. The molecule has 2 aromatic carbocycles. The summed E-state index contributed by atoms with van der Waals surface area (Å²) in [6, 6.07) is 13.3. The van der Waals surface area contributed by atoms with E-state index in [0.29, 0.717) is 6.54 Å². The van der Waals surface area contributed by atoms with Gasteiger partial charge in [-0.25, -0.2) is 0 Å². The summed E-state index contributed by atoms with van der Waals surface area (Å²) in [5.41, 5.74) is 7.61. The number of halogens is 2. The zero-order valence-corrected chi connectivity index (χ0v) is 14.8. The molecule has 0 radical (unpaired) electrons. The van der Waals surface area contributed by atoms with Crippen LogP contribution in [-0.2, 0) is 0 Å². The highest BCUT2D eigenvalue weighted by Gasteiger charge is 2.25. The molecule has 112 valence electrons. The van der Waals surface area contributed by atoms with Gasteiger partial charge in [0.05, 0.1) is 13.2 Å². The third-order valence-electron chi connectivity index (χ3n) is 3.45. The van der Waals surface area contributed by atoms with Gasteiger partial charge in [0.15, 0.2) is 0 Å². The van der Waals surface area contributed by atoms with Gasteiger partial charge in [-0.3, -0.25) is 0 Å².